The molecule has 2 atom stereocenters. The zero-order valence-electron chi connectivity index (χ0n) is 12.5. The molecule has 1 aromatic heterocycles. The molecule has 1 heterocycles. The Labute approximate surface area is 119 Å². The van der Waals surface area contributed by atoms with Gasteiger partial charge in [-0.2, -0.15) is 5.10 Å². The molecule has 0 aliphatic heterocycles. The lowest BCUT2D eigenvalue weighted by Gasteiger charge is -2.24. The number of ether oxygens (including phenoxy) is 1. The Morgan fingerprint density at radius 2 is 1.90 bits per heavy atom. The minimum atomic E-state index is -0.0109. The summed E-state index contributed by atoms with van der Waals surface area (Å²) in [5, 5.41) is 4.49. The van der Waals surface area contributed by atoms with E-state index < -0.39 is 0 Å². The third-order valence-corrected chi connectivity index (χ3v) is 3.51. The Morgan fingerprint density at radius 1 is 1.25 bits per heavy atom. The largest absolute Gasteiger partial charge is 0.497 e. The SMILES string of the molecule is CCC(N)C(c1ccc(OC)cc1)n1nc(C)nc1C. The quantitative estimate of drug-likeness (QED) is 0.908. The van der Waals surface area contributed by atoms with Crippen LogP contribution in [0.5, 0.6) is 5.75 Å². The van der Waals surface area contributed by atoms with E-state index in [1.54, 1.807) is 7.11 Å². The van der Waals surface area contributed by atoms with Crippen molar-refractivity contribution in [1.82, 2.24) is 14.8 Å². The van der Waals surface area contributed by atoms with E-state index in [1.807, 2.05) is 42.8 Å². The molecule has 0 spiro atoms. The molecule has 0 saturated heterocycles. The number of hydrogen-bond donors (Lipinski definition) is 1. The van der Waals surface area contributed by atoms with Crippen LogP contribution in [-0.4, -0.2) is 27.9 Å². The Hall–Kier alpha value is -1.88. The van der Waals surface area contributed by atoms with E-state index in [0.717, 1.165) is 29.4 Å². The number of benzene rings is 1. The molecule has 20 heavy (non-hydrogen) atoms. The highest BCUT2D eigenvalue weighted by Gasteiger charge is 2.23. The van der Waals surface area contributed by atoms with Crippen LogP contribution < -0.4 is 10.5 Å². The van der Waals surface area contributed by atoms with Crippen LogP contribution in [0.25, 0.3) is 0 Å². The second kappa shape index (κ2) is 6.05. The van der Waals surface area contributed by atoms with Gasteiger partial charge in [0.1, 0.15) is 17.4 Å². The highest BCUT2D eigenvalue weighted by Crippen LogP contribution is 2.25. The van der Waals surface area contributed by atoms with Gasteiger partial charge in [-0.3, -0.25) is 0 Å². The van der Waals surface area contributed by atoms with E-state index in [2.05, 4.69) is 17.0 Å². The van der Waals surface area contributed by atoms with Crippen LogP contribution in [-0.2, 0) is 0 Å². The second-order valence-electron chi connectivity index (χ2n) is 4.94. The van der Waals surface area contributed by atoms with E-state index in [0.29, 0.717) is 0 Å². The van der Waals surface area contributed by atoms with Crippen LogP contribution in [0.4, 0.5) is 0 Å². The third kappa shape index (κ3) is 2.82. The first-order chi connectivity index (χ1) is 9.56. The molecule has 2 unspecified atom stereocenters. The van der Waals surface area contributed by atoms with Crippen LogP contribution in [0.1, 0.15) is 36.6 Å². The van der Waals surface area contributed by atoms with Gasteiger partial charge in [0.15, 0.2) is 0 Å². The van der Waals surface area contributed by atoms with Gasteiger partial charge in [0.2, 0.25) is 0 Å². The van der Waals surface area contributed by atoms with Gasteiger partial charge in [-0.25, -0.2) is 9.67 Å². The van der Waals surface area contributed by atoms with Crippen molar-refractivity contribution in [1.29, 1.82) is 0 Å². The number of methoxy groups -OCH3 is 1. The van der Waals surface area contributed by atoms with Crippen molar-refractivity contribution in [2.75, 3.05) is 7.11 Å². The molecule has 0 saturated carbocycles. The molecule has 2 aromatic rings. The minimum Gasteiger partial charge on any atom is -0.497 e. The fourth-order valence-electron chi connectivity index (χ4n) is 2.39. The Morgan fingerprint density at radius 3 is 2.35 bits per heavy atom. The molecule has 0 fully saturated rings. The fourth-order valence-corrected chi connectivity index (χ4v) is 2.39. The maximum absolute atomic E-state index is 6.31. The Kier molecular flexibility index (Phi) is 4.39. The summed E-state index contributed by atoms with van der Waals surface area (Å²) < 4.78 is 7.13. The van der Waals surface area contributed by atoms with Crippen LogP contribution in [0, 0.1) is 13.8 Å². The van der Waals surface area contributed by atoms with Crippen LogP contribution in [0.15, 0.2) is 24.3 Å². The predicted molar refractivity (Wildman–Crippen MR) is 78.9 cm³/mol. The van der Waals surface area contributed by atoms with Gasteiger partial charge in [0, 0.05) is 6.04 Å². The highest BCUT2D eigenvalue weighted by molar-refractivity contribution is 5.30. The standard InChI is InChI=1S/C15H22N4O/c1-5-14(16)15(19-11(3)17-10(2)18-19)12-6-8-13(20-4)9-7-12/h6-9,14-15H,5,16H2,1-4H3. The molecular formula is C15H22N4O. The molecule has 5 nitrogen and oxygen atoms in total. The van der Waals surface area contributed by atoms with Crippen molar-refractivity contribution >= 4 is 0 Å². The third-order valence-electron chi connectivity index (χ3n) is 3.51. The summed E-state index contributed by atoms with van der Waals surface area (Å²) in [6.07, 6.45) is 0.870. The fraction of sp³-hybridized carbons (Fsp3) is 0.467. The predicted octanol–water partition coefficient (Wildman–Crippen LogP) is 2.23. The first kappa shape index (κ1) is 14.5. The maximum Gasteiger partial charge on any atom is 0.147 e. The Balaban J connectivity index is 2.44. The highest BCUT2D eigenvalue weighted by atomic mass is 16.5. The van der Waals surface area contributed by atoms with E-state index >= 15 is 0 Å². The molecule has 0 aliphatic rings. The molecule has 1 aromatic carbocycles. The van der Waals surface area contributed by atoms with Crippen molar-refractivity contribution in [3.63, 3.8) is 0 Å². The molecule has 0 amide bonds. The summed E-state index contributed by atoms with van der Waals surface area (Å²) in [4.78, 5) is 4.38. The summed E-state index contributed by atoms with van der Waals surface area (Å²) in [5.41, 5.74) is 7.43. The van der Waals surface area contributed by atoms with Gasteiger partial charge in [0.05, 0.1) is 13.2 Å². The van der Waals surface area contributed by atoms with Crippen LogP contribution in [0.3, 0.4) is 0 Å². The monoisotopic (exact) mass is 274 g/mol. The summed E-state index contributed by atoms with van der Waals surface area (Å²) in [5.74, 6) is 2.49. The number of aryl methyl sites for hydroxylation is 2. The van der Waals surface area contributed by atoms with E-state index in [1.165, 1.54) is 0 Å². The van der Waals surface area contributed by atoms with Gasteiger partial charge < -0.3 is 10.5 Å². The summed E-state index contributed by atoms with van der Waals surface area (Å²) in [6, 6.07) is 7.95. The number of aromatic nitrogens is 3. The number of rotatable bonds is 5. The van der Waals surface area contributed by atoms with Crippen molar-refractivity contribution < 1.29 is 4.74 Å². The van der Waals surface area contributed by atoms with Gasteiger partial charge in [-0.15, -0.1) is 0 Å². The van der Waals surface area contributed by atoms with Gasteiger partial charge in [-0.05, 0) is 38.0 Å². The van der Waals surface area contributed by atoms with E-state index in [4.69, 9.17) is 10.5 Å². The molecule has 0 bridgehead atoms. The number of hydrogen-bond acceptors (Lipinski definition) is 4. The summed E-state index contributed by atoms with van der Waals surface area (Å²) in [6.45, 7) is 5.94. The van der Waals surface area contributed by atoms with Crippen molar-refractivity contribution in [2.45, 2.75) is 39.3 Å². The zero-order chi connectivity index (χ0) is 14.7. The molecule has 0 radical (unpaired) electrons. The maximum atomic E-state index is 6.31. The van der Waals surface area contributed by atoms with Crippen molar-refractivity contribution in [3.05, 3.63) is 41.5 Å². The van der Waals surface area contributed by atoms with Crippen LogP contribution >= 0.6 is 0 Å². The second-order valence-corrected chi connectivity index (χ2v) is 4.94. The molecule has 2 rings (SSSR count). The smallest absolute Gasteiger partial charge is 0.147 e. The lowest BCUT2D eigenvalue weighted by atomic mass is 9.98. The lowest BCUT2D eigenvalue weighted by Crippen LogP contribution is -2.33. The topological polar surface area (TPSA) is 66.0 Å². The summed E-state index contributed by atoms with van der Waals surface area (Å²) in [7, 11) is 1.66. The van der Waals surface area contributed by atoms with Gasteiger partial charge >= 0.3 is 0 Å². The molecule has 108 valence electrons. The van der Waals surface area contributed by atoms with E-state index in [9.17, 15) is 0 Å². The van der Waals surface area contributed by atoms with E-state index in [-0.39, 0.29) is 12.1 Å². The number of nitrogens with two attached hydrogens (primary N) is 1. The van der Waals surface area contributed by atoms with Crippen LogP contribution in [0.2, 0.25) is 0 Å². The zero-order valence-corrected chi connectivity index (χ0v) is 12.5. The first-order valence-electron chi connectivity index (χ1n) is 6.86. The van der Waals surface area contributed by atoms with Crippen molar-refractivity contribution in [3.8, 4) is 5.75 Å². The number of nitrogens with zero attached hydrogens (tertiary/aromatic N) is 3. The molecular weight excluding hydrogens is 252 g/mol. The van der Waals surface area contributed by atoms with Crippen molar-refractivity contribution in [2.24, 2.45) is 5.73 Å². The normalized spacial score (nSPS) is 14.1. The van der Waals surface area contributed by atoms with Gasteiger partial charge in [0.25, 0.3) is 0 Å². The molecule has 0 aliphatic carbocycles. The average Bonchev–Trinajstić information content (AvgIpc) is 2.78. The summed E-state index contributed by atoms with van der Waals surface area (Å²) >= 11 is 0. The van der Waals surface area contributed by atoms with Gasteiger partial charge in [-0.1, -0.05) is 19.1 Å². The molecule has 2 N–H and O–H groups in total. The Bertz CT molecular complexity index is 562. The average molecular weight is 274 g/mol. The lowest BCUT2D eigenvalue weighted by molar-refractivity contribution is 0.406. The minimum absolute atomic E-state index is 0.00731. The molecule has 5 heteroatoms. The first-order valence-corrected chi connectivity index (χ1v) is 6.86.